The van der Waals surface area contributed by atoms with Crippen molar-refractivity contribution in [3.63, 3.8) is 0 Å². The fourth-order valence-corrected chi connectivity index (χ4v) is 2.89. The molecule has 0 radical (unpaired) electrons. The molecule has 0 spiro atoms. The Hall–Kier alpha value is -2.21. The second kappa shape index (κ2) is 12.5. The van der Waals surface area contributed by atoms with Gasteiger partial charge in [0.05, 0.1) is 11.8 Å². The molecule has 4 aromatic carbocycles. The molecule has 1 N–H and O–H groups in total. The summed E-state index contributed by atoms with van der Waals surface area (Å²) in [4.78, 5) is 21.8. The van der Waals surface area contributed by atoms with Gasteiger partial charge in [0.1, 0.15) is 5.75 Å². The van der Waals surface area contributed by atoms with Crippen LogP contribution in [0, 0.1) is 14.4 Å². The van der Waals surface area contributed by atoms with Gasteiger partial charge in [-0.2, -0.15) is 42.3 Å². The van der Waals surface area contributed by atoms with Crippen LogP contribution in [0.3, 0.4) is 0 Å². The number of carbonyl (C=O) groups excluding carboxylic acids is 2. The summed E-state index contributed by atoms with van der Waals surface area (Å²) in [5, 5.41) is 11.2. The van der Waals surface area contributed by atoms with Crippen molar-refractivity contribution < 1.29 is 66.1 Å². The Balaban J connectivity index is 0.000000429. The molecular formula is C26H21KO3-2. The molecule has 4 aromatic rings. The van der Waals surface area contributed by atoms with Gasteiger partial charge < -0.3 is 17.3 Å². The zero-order valence-electron chi connectivity index (χ0n) is 17.1. The average molecular weight is 421 g/mol. The minimum atomic E-state index is -0.0252. The summed E-state index contributed by atoms with van der Waals surface area (Å²) in [7, 11) is 0. The van der Waals surface area contributed by atoms with E-state index >= 15 is 0 Å². The minimum Gasteiger partial charge on any atom is -0.507 e. The van der Waals surface area contributed by atoms with Crippen LogP contribution in [0.25, 0.3) is 21.9 Å². The molecule has 0 aliphatic rings. The number of hydrogen-bond acceptors (Lipinski definition) is 3. The van der Waals surface area contributed by atoms with Gasteiger partial charge in [0.2, 0.25) is 0 Å². The number of aromatic hydroxyl groups is 1. The van der Waals surface area contributed by atoms with Crippen molar-refractivity contribution in [3.8, 4) is 16.9 Å². The number of aldehydes is 1. The maximum absolute atomic E-state index is 11.1. The first-order valence-corrected chi connectivity index (χ1v) is 8.69. The third-order valence-electron chi connectivity index (χ3n) is 4.31. The van der Waals surface area contributed by atoms with Crippen molar-refractivity contribution in [1.82, 2.24) is 0 Å². The number of phenolic OH excluding ortho intramolecular Hbond substituents is 1. The van der Waals surface area contributed by atoms with E-state index in [1.165, 1.54) is 6.07 Å². The molecule has 0 bridgehead atoms. The summed E-state index contributed by atoms with van der Waals surface area (Å²) in [5.74, 6) is -0.0252. The van der Waals surface area contributed by atoms with E-state index in [1.54, 1.807) is 30.3 Å². The summed E-state index contributed by atoms with van der Waals surface area (Å²) >= 11 is 0. The Bertz CT molecular complexity index is 1120. The maximum atomic E-state index is 11.1. The normalized spacial score (nSPS) is 9.33. The second-order valence-electron chi connectivity index (χ2n) is 6.22. The van der Waals surface area contributed by atoms with Gasteiger partial charge in [-0.3, -0.25) is 4.79 Å². The van der Waals surface area contributed by atoms with Crippen molar-refractivity contribution in [2.75, 3.05) is 0 Å². The number of fused-ring (bicyclic) bond motifs is 1. The molecule has 0 unspecified atom stereocenters. The van der Waals surface area contributed by atoms with E-state index in [4.69, 9.17) is 0 Å². The molecule has 4 rings (SSSR count). The zero-order chi connectivity index (χ0) is 19.9. The van der Waals surface area contributed by atoms with Crippen molar-refractivity contribution in [1.29, 1.82) is 0 Å². The van der Waals surface area contributed by atoms with Crippen molar-refractivity contribution in [2.24, 2.45) is 0 Å². The third kappa shape index (κ3) is 6.39. The van der Waals surface area contributed by atoms with E-state index in [9.17, 15) is 14.7 Å². The van der Waals surface area contributed by atoms with Crippen LogP contribution in [0.4, 0.5) is 0 Å². The van der Waals surface area contributed by atoms with Gasteiger partial charge in [-0.15, -0.1) is 18.2 Å². The molecule has 0 aromatic heterocycles. The summed E-state index contributed by atoms with van der Waals surface area (Å²) in [5.41, 5.74) is 3.68. The van der Waals surface area contributed by atoms with Gasteiger partial charge in [-0.25, -0.2) is 0 Å². The fraction of sp³-hybridized carbons (Fsp3) is 0. The second-order valence-corrected chi connectivity index (χ2v) is 6.22. The van der Waals surface area contributed by atoms with Gasteiger partial charge in [0.25, 0.3) is 0 Å². The van der Waals surface area contributed by atoms with E-state index in [2.05, 4.69) is 6.92 Å². The van der Waals surface area contributed by atoms with Crippen LogP contribution in [0.1, 0.15) is 21.5 Å². The van der Waals surface area contributed by atoms with Crippen LogP contribution in [-0.2, 0) is 4.79 Å². The molecule has 4 heteroatoms. The molecule has 146 valence electrons. The van der Waals surface area contributed by atoms with Gasteiger partial charge in [-0.1, -0.05) is 35.9 Å². The fourth-order valence-electron chi connectivity index (χ4n) is 2.89. The van der Waals surface area contributed by atoms with Gasteiger partial charge in [0.15, 0.2) is 6.29 Å². The van der Waals surface area contributed by atoms with Crippen LogP contribution < -0.4 is 51.4 Å². The topological polar surface area (TPSA) is 54.4 Å². The van der Waals surface area contributed by atoms with Crippen LogP contribution in [0.5, 0.6) is 5.75 Å². The number of benzene rings is 4. The Kier molecular flexibility index (Phi) is 10.7. The van der Waals surface area contributed by atoms with Crippen LogP contribution in [0.2, 0.25) is 0 Å². The molecular weight excluding hydrogens is 399 g/mol. The van der Waals surface area contributed by atoms with Crippen LogP contribution >= 0.6 is 0 Å². The monoisotopic (exact) mass is 420 g/mol. The molecule has 3 nitrogen and oxygen atoms in total. The smallest absolute Gasteiger partial charge is 0.507 e. The molecule has 30 heavy (non-hydrogen) atoms. The van der Waals surface area contributed by atoms with Crippen molar-refractivity contribution in [3.05, 3.63) is 116 Å². The van der Waals surface area contributed by atoms with Gasteiger partial charge in [0, 0.05) is 0 Å². The molecule has 0 fully saturated rings. The molecule has 0 atom stereocenters. The minimum absolute atomic E-state index is 0. The van der Waals surface area contributed by atoms with E-state index in [-0.39, 0.29) is 70.1 Å². The maximum Gasteiger partial charge on any atom is 1.00 e. The first-order chi connectivity index (χ1) is 13.6. The van der Waals surface area contributed by atoms with Crippen LogP contribution in [0.15, 0.2) is 84.9 Å². The molecule has 0 amide bonds. The summed E-state index contributed by atoms with van der Waals surface area (Å²) < 4.78 is 0. The molecule has 0 saturated carbocycles. The predicted octanol–water partition coefficient (Wildman–Crippen LogP) is 2.81. The zero-order valence-corrected chi connectivity index (χ0v) is 20.3. The summed E-state index contributed by atoms with van der Waals surface area (Å²) in [6.45, 7) is 3.72. The van der Waals surface area contributed by atoms with E-state index < -0.39 is 0 Å². The first-order valence-electron chi connectivity index (χ1n) is 8.69. The average Bonchev–Trinajstić information content (AvgIpc) is 2.74. The number of phenols is 1. The largest absolute Gasteiger partial charge is 1.00 e. The summed E-state index contributed by atoms with van der Waals surface area (Å²) in [6, 6.07) is 25.9. The molecule has 0 heterocycles. The molecule has 0 aliphatic heterocycles. The SMILES string of the molecule is O=[C-]c1cccc(-c2ccc3c(C=O)c(O)ccc3c2)c1.[CH2-]c1ccccc1.[CH3-].[K+]. The van der Waals surface area contributed by atoms with E-state index in [0.29, 0.717) is 17.2 Å². The number of rotatable bonds is 3. The standard InChI is InChI=1S/C18H11O3.C7H7.CH3.K/c19-10-12-2-1-3-13(8-12)14-4-6-16-15(9-14)5-7-18(21)17(16)11-20;1-7-5-3-2-4-6-7;;/h1-9,11,21H;2-6H,1H2;1H3;/q3*-1;+1. The van der Waals surface area contributed by atoms with Crippen molar-refractivity contribution in [2.45, 2.75) is 0 Å². The number of hydrogen-bond donors (Lipinski definition) is 1. The Labute approximate surface area is 220 Å². The molecule has 0 aliphatic carbocycles. The van der Waals surface area contributed by atoms with Gasteiger partial charge in [-0.05, 0) is 28.5 Å². The van der Waals surface area contributed by atoms with Gasteiger partial charge >= 0.3 is 51.4 Å². The predicted molar refractivity (Wildman–Crippen MR) is 119 cm³/mol. The van der Waals surface area contributed by atoms with Crippen molar-refractivity contribution >= 4 is 23.3 Å². The quantitative estimate of drug-likeness (QED) is 0.315. The Morgan fingerprint density at radius 2 is 1.53 bits per heavy atom. The Morgan fingerprint density at radius 3 is 2.13 bits per heavy atom. The molecule has 0 saturated heterocycles. The number of carbonyl (C=O) groups is 1. The van der Waals surface area contributed by atoms with Crippen LogP contribution in [-0.4, -0.2) is 17.7 Å². The third-order valence-corrected chi connectivity index (χ3v) is 4.31. The van der Waals surface area contributed by atoms with E-state index in [1.807, 2.05) is 54.8 Å². The first kappa shape index (κ1) is 25.8. The Morgan fingerprint density at radius 1 is 0.833 bits per heavy atom. The van der Waals surface area contributed by atoms with E-state index in [0.717, 1.165) is 22.1 Å². The summed E-state index contributed by atoms with van der Waals surface area (Å²) in [6.07, 6.45) is 2.52.